The van der Waals surface area contributed by atoms with Gasteiger partial charge in [0, 0.05) is 16.3 Å². The molecule has 0 saturated carbocycles. The Kier molecular flexibility index (Phi) is 3.92. The molecule has 0 unspecified atom stereocenters. The summed E-state index contributed by atoms with van der Waals surface area (Å²) in [6.45, 7) is 4.94. The number of ether oxygens (including phenoxy) is 1. The zero-order chi connectivity index (χ0) is 14.9. The van der Waals surface area contributed by atoms with Crippen LogP contribution in [0.2, 0.25) is 5.02 Å². The summed E-state index contributed by atoms with van der Waals surface area (Å²) >= 11 is 6.11. The van der Waals surface area contributed by atoms with Gasteiger partial charge in [0.05, 0.1) is 5.60 Å². The largest absolute Gasteiger partial charge is 0.362 e. The molecule has 3 heteroatoms. The van der Waals surface area contributed by atoms with Gasteiger partial charge in [0.2, 0.25) is 0 Å². The van der Waals surface area contributed by atoms with Gasteiger partial charge >= 0.3 is 0 Å². The third-order valence-electron chi connectivity index (χ3n) is 4.42. The topological polar surface area (TPSA) is 21.3 Å². The van der Waals surface area contributed by atoms with Crippen LogP contribution in [0.15, 0.2) is 42.5 Å². The lowest BCUT2D eigenvalue weighted by Gasteiger charge is -2.38. The summed E-state index contributed by atoms with van der Waals surface area (Å²) in [4.78, 5) is 0. The van der Waals surface area contributed by atoms with Crippen molar-refractivity contribution in [2.75, 3.05) is 12.0 Å². The first-order chi connectivity index (χ1) is 10.2. The van der Waals surface area contributed by atoms with E-state index in [1.807, 2.05) is 18.2 Å². The van der Waals surface area contributed by atoms with E-state index in [0.717, 1.165) is 23.4 Å². The second kappa shape index (κ2) is 5.70. The minimum Gasteiger partial charge on any atom is -0.362 e. The van der Waals surface area contributed by atoms with Crippen molar-refractivity contribution in [1.82, 2.24) is 0 Å². The molecule has 110 valence electrons. The predicted molar refractivity (Wildman–Crippen MR) is 88.7 cm³/mol. The van der Waals surface area contributed by atoms with Gasteiger partial charge in [-0.1, -0.05) is 43.6 Å². The quantitative estimate of drug-likeness (QED) is 0.817. The smallest absolute Gasteiger partial charge is 0.117 e. The van der Waals surface area contributed by atoms with Crippen LogP contribution in [0.25, 0.3) is 11.1 Å². The van der Waals surface area contributed by atoms with Crippen LogP contribution in [0.1, 0.15) is 32.3 Å². The predicted octanol–water partition coefficient (Wildman–Crippen LogP) is 5.42. The van der Waals surface area contributed by atoms with E-state index in [4.69, 9.17) is 16.3 Å². The van der Waals surface area contributed by atoms with Crippen LogP contribution >= 0.6 is 11.6 Å². The second-order valence-corrected chi connectivity index (χ2v) is 5.87. The maximum atomic E-state index is 6.11. The summed E-state index contributed by atoms with van der Waals surface area (Å²) in [5.41, 5.74) is 4.55. The third-order valence-corrected chi connectivity index (χ3v) is 4.66. The number of halogens is 1. The summed E-state index contributed by atoms with van der Waals surface area (Å²) in [6, 6.07) is 14.5. The zero-order valence-electron chi connectivity index (χ0n) is 12.4. The minimum absolute atomic E-state index is 0.185. The molecule has 3 rings (SSSR count). The molecule has 0 saturated heterocycles. The fourth-order valence-corrected chi connectivity index (χ4v) is 3.28. The number of nitrogens with one attached hydrogen (secondary N) is 1. The molecular weight excluding hydrogens is 282 g/mol. The fourth-order valence-electron chi connectivity index (χ4n) is 3.09. The SMILES string of the molecule is CCC1(CC)OCNc2ccc(-c3cccc(Cl)c3)cc21. The van der Waals surface area contributed by atoms with Crippen LogP contribution in [0.4, 0.5) is 5.69 Å². The van der Waals surface area contributed by atoms with Crippen LogP contribution < -0.4 is 5.32 Å². The Balaban J connectivity index is 2.11. The van der Waals surface area contributed by atoms with Gasteiger partial charge in [-0.05, 0) is 48.2 Å². The highest BCUT2D eigenvalue weighted by Crippen LogP contribution is 2.42. The van der Waals surface area contributed by atoms with Crippen molar-refractivity contribution in [1.29, 1.82) is 0 Å². The average Bonchev–Trinajstić information content (AvgIpc) is 2.54. The Bertz CT molecular complexity index is 649. The Morgan fingerprint density at radius 3 is 2.57 bits per heavy atom. The van der Waals surface area contributed by atoms with E-state index in [0.29, 0.717) is 6.73 Å². The molecule has 0 fully saturated rings. The number of rotatable bonds is 3. The van der Waals surface area contributed by atoms with Gasteiger partial charge in [-0.3, -0.25) is 0 Å². The minimum atomic E-state index is -0.185. The lowest BCUT2D eigenvalue weighted by atomic mass is 9.84. The molecule has 0 amide bonds. The third kappa shape index (κ3) is 2.54. The van der Waals surface area contributed by atoms with Crippen molar-refractivity contribution < 1.29 is 4.74 Å². The maximum Gasteiger partial charge on any atom is 0.117 e. The van der Waals surface area contributed by atoms with E-state index in [9.17, 15) is 0 Å². The molecule has 0 radical (unpaired) electrons. The second-order valence-electron chi connectivity index (χ2n) is 5.44. The van der Waals surface area contributed by atoms with E-state index in [1.54, 1.807) is 0 Å². The summed E-state index contributed by atoms with van der Waals surface area (Å²) in [6.07, 6.45) is 1.94. The van der Waals surface area contributed by atoms with Crippen LogP contribution in [-0.4, -0.2) is 6.73 Å². The first-order valence-electron chi connectivity index (χ1n) is 7.47. The van der Waals surface area contributed by atoms with Gasteiger partial charge < -0.3 is 10.1 Å². The van der Waals surface area contributed by atoms with E-state index in [1.165, 1.54) is 16.8 Å². The standard InChI is InChI=1S/C18H20ClNO/c1-3-18(4-2)16-11-14(8-9-17(16)20-12-21-18)13-6-5-7-15(19)10-13/h5-11,20H,3-4,12H2,1-2H3. The molecule has 0 bridgehead atoms. The van der Waals surface area contributed by atoms with E-state index in [-0.39, 0.29) is 5.60 Å². The number of hydrogen-bond acceptors (Lipinski definition) is 2. The number of hydrogen-bond donors (Lipinski definition) is 1. The first-order valence-corrected chi connectivity index (χ1v) is 7.84. The Hall–Kier alpha value is -1.51. The van der Waals surface area contributed by atoms with Crippen LogP contribution in [-0.2, 0) is 10.3 Å². The van der Waals surface area contributed by atoms with Gasteiger partial charge in [-0.25, -0.2) is 0 Å². The molecule has 21 heavy (non-hydrogen) atoms. The van der Waals surface area contributed by atoms with Gasteiger partial charge in [0.1, 0.15) is 6.73 Å². The number of benzene rings is 2. The van der Waals surface area contributed by atoms with Crippen molar-refractivity contribution in [3.63, 3.8) is 0 Å². The molecule has 2 aromatic carbocycles. The fraction of sp³-hybridized carbons (Fsp3) is 0.333. The van der Waals surface area contributed by atoms with Crippen molar-refractivity contribution in [2.24, 2.45) is 0 Å². The normalized spacial score (nSPS) is 16.1. The first kappa shape index (κ1) is 14.4. The van der Waals surface area contributed by atoms with E-state index >= 15 is 0 Å². The average molecular weight is 302 g/mol. The molecule has 0 aromatic heterocycles. The summed E-state index contributed by atoms with van der Waals surface area (Å²) in [5, 5.41) is 4.09. The lowest BCUT2D eigenvalue weighted by Crippen LogP contribution is -2.35. The Morgan fingerprint density at radius 2 is 1.86 bits per heavy atom. The molecular formula is C18H20ClNO. The molecule has 1 aliphatic heterocycles. The lowest BCUT2D eigenvalue weighted by molar-refractivity contribution is -0.0541. The number of fused-ring (bicyclic) bond motifs is 1. The van der Waals surface area contributed by atoms with Crippen molar-refractivity contribution in [2.45, 2.75) is 32.3 Å². The summed E-state index contributed by atoms with van der Waals surface area (Å²) in [7, 11) is 0. The molecule has 0 atom stereocenters. The zero-order valence-corrected chi connectivity index (χ0v) is 13.2. The highest BCUT2D eigenvalue weighted by Gasteiger charge is 2.34. The Labute approximate surface area is 131 Å². The molecule has 2 nitrogen and oxygen atoms in total. The van der Waals surface area contributed by atoms with Crippen molar-refractivity contribution in [3.8, 4) is 11.1 Å². The molecule has 0 aliphatic carbocycles. The van der Waals surface area contributed by atoms with Gasteiger partial charge in [0.25, 0.3) is 0 Å². The van der Waals surface area contributed by atoms with Gasteiger partial charge in [-0.15, -0.1) is 0 Å². The molecule has 1 N–H and O–H groups in total. The monoisotopic (exact) mass is 301 g/mol. The molecule has 2 aromatic rings. The highest BCUT2D eigenvalue weighted by atomic mass is 35.5. The van der Waals surface area contributed by atoms with E-state index < -0.39 is 0 Å². The summed E-state index contributed by atoms with van der Waals surface area (Å²) in [5.74, 6) is 0. The summed E-state index contributed by atoms with van der Waals surface area (Å²) < 4.78 is 6.07. The maximum absolute atomic E-state index is 6.11. The van der Waals surface area contributed by atoms with Gasteiger partial charge in [-0.2, -0.15) is 0 Å². The van der Waals surface area contributed by atoms with Gasteiger partial charge in [0.15, 0.2) is 0 Å². The van der Waals surface area contributed by atoms with E-state index in [2.05, 4.69) is 43.4 Å². The van der Waals surface area contributed by atoms with Crippen molar-refractivity contribution >= 4 is 17.3 Å². The van der Waals surface area contributed by atoms with Crippen molar-refractivity contribution in [3.05, 3.63) is 53.1 Å². The highest BCUT2D eigenvalue weighted by molar-refractivity contribution is 6.30. The molecule has 1 aliphatic rings. The van der Waals surface area contributed by atoms with Crippen LogP contribution in [0, 0.1) is 0 Å². The van der Waals surface area contributed by atoms with Crippen LogP contribution in [0.3, 0.4) is 0 Å². The molecule has 1 heterocycles. The Morgan fingerprint density at radius 1 is 1.10 bits per heavy atom. The van der Waals surface area contributed by atoms with Crippen LogP contribution in [0.5, 0.6) is 0 Å². The molecule has 0 spiro atoms. The number of anilines is 1.